The first-order chi connectivity index (χ1) is 9.12. The molecule has 0 spiro atoms. The summed E-state index contributed by atoms with van der Waals surface area (Å²) >= 11 is 0. The van der Waals surface area contributed by atoms with E-state index in [4.69, 9.17) is 0 Å². The highest BCUT2D eigenvalue weighted by molar-refractivity contribution is 5.80. The molecule has 1 amide bonds. The molecule has 2 unspecified atom stereocenters. The first kappa shape index (κ1) is 14.6. The molecule has 0 aromatic heterocycles. The van der Waals surface area contributed by atoms with Gasteiger partial charge in [0.15, 0.2) is 0 Å². The van der Waals surface area contributed by atoms with E-state index in [1.165, 1.54) is 19.3 Å². The summed E-state index contributed by atoms with van der Waals surface area (Å²) in [5.74, 6) is 0.471. The average Bonchev–Trinajstić information content (AvgIpc) is 2.76. The van der Waals surface area contributed by atoms with Crippen molar-refractivity contribution in [3.8, 4) is 0 Å². The molecular weight excluding hydrogens is 236 g/mol. The molecule has 19 heavy (non-hydrogen) atoms. The Hall–Kier alpha value is -0.830. The standard InChI is InChI=1S/C16H28N2O/c1-4-16(5-2)9-11-18(12-16)15(19)14-8-6-7-10-17-13(14)3/h6-7,13-14,17H,4-5,8-12H2,1-3H3. The van der Waals surface area contributed by atoms with Gasteiger partial charge in [-0.15, -0.1) is 0 Å². The van der Waals surface area contributed by atoms with E-state index in [0.717, 1.165) is 26.1 Å². The Bertz CT molecular complexity index is 347. The minimum Gasteiger partial charge on any atom is -0.342 e. The Morgan fingerprint density at radius 1 is 1.37 bits per heavy atom. The molecule has 2 aliphatic rings. The van der Waals surface area contributed by atoms with Gasteiger partial charge in [0, 0.05) is 25.7 Å². The van der Waals surface area contributed by atoms with Crippen molar-refractivity contribution in [1.82, 2.24) is 10.2 Å². The molecule has 0 aromatic rings. The summed E-state index contributed by atoms with van der Waals surface area (Å²) in [4.78, 5) is 14.9. The fourth-order valence-corrected chi connectivity index (χ4v) is 3.43. The number of hydrogen-bond donors (Lipinski definition) is 1. The first-order valence-electron chi connectivity index (χ1n) is 7.79. The van der Waals surface area contributed by atoms with Crippen LogP contribution in [0.15, 0.2) is 12.2 Å². The van der Waals surface area contributed by atoms with E-state index in [2.05, 4.69) is 43.1 Å². The van der Waals surface area contributed by atoms with Crippen LogP contribution in [-0.4, -0.2) is 36.5 Å². The van der Waals surface area contributed by atoms with Crippen molar-refractivity contribution in [3.63, 3.8) is 0 Å². The van der Waals surface area contributed by atoms with Gasteiger partial charge < -0.3 is 10.2 Å². The number of carbonyl (C=O) groups is 1. The normalized spacial score (nSPS) is 30.4. The highest BCUT2D eigenvalue weighted by atomic mass is 16.2. The van der Waals surface area contributed by atoms with Crippen LogP contribution in [0.25, 0.3) is 0 Å². The SMILES string of the molecule is CCC1(CC)CCN(C(=O)C2CC=CCNC2C)C1. The summed E-state index contributed by atoms with van der Waals surface area (Å²) in [5, 5.41) is 3.41. The molecule has 1 N–H and O–H groups in total. The van der Waals surface area contributed by atoms with Crippen LogP contribution in [0.4, 0.5) is 0 Å². The molecule has 108 valence electrons. The lowest BCUT2D eigenvalue weighted by atomic mass is 9.82. The quantitative estimate of drug-likeness (QED) is 0.795. The van der Waals surface area contributed by atoms with Crippen LogP contribution < -0.4 is 5.32 Å². The molecule has 0 aromatic carbocycles. The molecule has 2 rings (SSSR count). The van der Waals surface area contributed by atoms with Gasteiger partial charge in [-0.25, -0.2) is 0 Å². The van der Waals surface area contributed by atoms with Gasteiger partial charge >= 0.3 is 0 Å². The molecule has 1 saturated heterocycles. The minimum atomic E-state index is 0.114. The van der Waals surface area contributed by atoms with Gasteiger partial charge in [0.05, 0.1) is 5.92 Å². The van der Waals surface area contributed by atoms with Crippen LogP contribution >= 0.6 is 0 Å². The lowest BCUT2D eigenvalue weighted by Gasteiger charge is -2.29. The number of carbonyl (C=O) groups excluding carboxylic acids is 1. The van der Waals surface area contributed by atoms with Gasteiger partial charge in [-0.3, -0.25) is 4.79 Å². The van der Waals surface area contributed by atoms with Crippen LogP contribution in [0.1, 0.15) is 46.5 Å². The molecule has 2 heterocycles. The second-order valence-electron chi connectivity index (χ2n) is 6.23. The van der Waals surface area contributed by atoms with Gasteiger partial charge in [0.2, 0.25) is 5.91 Å². The van der Waals surface area contributed by atoms with Gasteiger partial charge in [-0.2, -0.15) is 0 Å². The van der Waals surface area contributed by atoms with Crippen molar-refractivity contribution in [2.45, 2.75) is 52.5 Å². The van der Waals surface area contributed by atoms with E-state index in [0.29, 0.717) is 11.3 Å². The first-order valence-corrected chi connectivity index (χ1v) is 7.79. The van der Waals surface area contributed by atoms with E-state index in [1.807, 2.05) is 0 Å². The van der Waals surface area contributed by atoms with Crippen LogP contribution in [-0.2, 0) is 4.79 Å². The van der Waals surface area contributed by atoms with Crippen LogP contribution in [0, 0.1) is 11.3 Å². The molecule has 0 radical (unpaired) electrons. The number of nitrogens with one attached hydrogen (secondary N) is 1. The Kier molecular flexibility index (Phi) is 4.67. The van der Waals surface area contributed by atoms with Crippen LogP contribution in [0.5, 0.6) is 0 Å². The van der Waals surface area contributed by atoms with Crippen molar-refractivity contribution < 1.29 is 4.79 Å². The molecule has 2 atom stereocenters. The van der Waals surface area contributed by atoms with E-state index in [9.17, 15) is 4.79 Å². The van der Waals surface area contributed by atoms with Crippen molar-refractivity contribution in [3.05, 3.63) is 12.2 Å². The summed E-state index contributed by atoms with van der Waals surface area (Å²) in [5.41, 5.74) is 0.382. The number of allylic oxidation sites excluding steroid dienone is 1. The highest BCUT2D eigenvalue weighted by Gasteiger charge is 2.39. The molecule has 3 heteroatoms. The predicted octanol–water partition coefficient (Wildman–Crippen LogP) is 2.58. The second-order valence-corrected chi connectivity index (χ2v) is 6.23. The van der Waals surface area contributed by atoms with Crippen LogP contribution in [0.3, 0.4) is 0 Å². The lowest BCUT2D eigenvalue weighted by Crippen LogP contribution is -2.44. The fraction of sp³-hybridized carbons (Fsp3) is 0.812. The van der Waals surface area contributed by atoms with E-state index >= 15 is 0 Å². The van der Waals surface area contributed by atoms with Crippen molar-refractivity contribution >= 4 is 5.91 Å². The number of rotatable bonds is 3. The summed E-state index contributed by atoms with van der Waals surface area (Å²) in [7, 11) is 0. The van der Waals surface area contributed by atoms with Gasteiger partial charge in [0.25, 0.3) is 0 Å². The number of likely N-dealkylation sites (tertiary alicyclic amines) is 1. The van der Waals surface area contributed by atoms with Crippen LogP contribution in [0.2, 0.25) is 0 Å². The molecule has 2 aliphatic heterocycles. The lowest BCUT2D eigenvalue weighted by molar-refractivity contribution is -0.135. The van der Waals surface area contributed by atoms with E-state index in [-0.39, 0.29) is 12.0 Å². The van der Waals surface area contributed by atoms with Crippen molar-refractivity contribution in [1.29, 1.82) is 0 Å². The monoisotopic (exact) mass is 264 g/mol. The van der Waals surface area contributed by atoms with E-state index < -0.39 is 0 Å². The fourth-order valence-electron chi connectivity index (χ4n) is 3.43. The minimum absolute atomic E-state index is 0.114. The van der Waals surface area contributed by atoms with Crippen molar-refractivity contribution in [2.24, 2.45) is 11.3 Å². The summed E-state index contributed by atoms with van der Waals surface area (Å²) < 4.78 is 0. The zero-order valence-electron chi connectivity index (χ0n) is 12.6. The third-order valence-electron chi connectivity index (χ3n) is 5.29. The molecule has 3 nitrogen and oxygen atoms in total. The second kappa shape index (κ2) is 6.08. The third-order valence-corrected chi connectivity index (χ3v) is 5.29. The maximum atomic E-state index is 12.7. The third kappa shape index (κ3) is 3.02. The molecular formula is C16H28N2O. The summed E-state index contributed by atoms with van der Waals surface area (Å²) in [6.45, 7) is 9.46. The zero-order valence-corrected chi connectivity index (χ0v) is 12.6. The highest BCUT2D eigenvalue weighted by Crippen LogP contribution is 2.37. The largest absolute Gasteiger partial charge is 0.342 e. The Balaban J connectivity index is 2.02. The van der Waals surface area contributed by atoms with E-state index in [1.54, 1.807) is 0 Å². The Morgan fingerprint density at radius 3 is 2.74 bits per heavy atom. The van der Waals surface area contributed by atoms with Crippen molar-refractivity contribution in [2.75, 3.05) is 19.6 Å². The summed E-state index contributed by atoms with van der Waals surface area (Å²) in [6, 6.07) is 0.278. The number of hydrogen-bond acceptors (Lipinski definition) is 2. The van der Waals surface area contributed by atoms with Gasteiger partial charge in [0.1, 0.15) is 0 Å². The molecule has 0 bridgehead atoms. The van der Waals surface area contributed by atoms with Gasteiger partial charge in [-0.05, 0) is 38.0 Å². The molecule has 0 saturated carbocycles. The number of amides is 1. The predicted molar refractivity (Wildman–Crippen MR) is 78.9 cm³/mol. The topological polar surface area (TPSA) is 32.3 Å². The zero-order chi connectivity index (χ0) is 13.9. The average molecular weight is 264 g/mol. The van der Waals surface area contributed by atoms with Gasteiger partial charge in [-0.1, -0.05) is 26.0 Å². The number of nitrogens with zero attached hydrogens (tertiary/aromatic N) is 1. The summed E-state index contributed by atoms with van der Waals surface area (Å²) in [6.07, 6.45) is 8.72. The maximum absolute atomic E-state index is 12.7. The Morgan fingerprint density at radius 2 is 2.11 bits per heavy atom. The molecule has 1 fully saturated rings. The maximum Gasteiger partial charge on any atom is 0.227 e. The molecule has 0 aliphatic carbocycles. The smallest absolute Gasteiger partial charge is 0.227 e. The Labute approximate surface area is 117 Å².